The van der Waals surface area contributed by atoms with Crippen LogP contribution in [-0.2, 0) is 16.8 Å². The maximum atomic E-state index is 12.1. The number of aliphatic hydroxyl groups is 1. The standard InChI is InChI=1S/C17H21NO2S/c1-12-6-7-13(2)14(9-12)10-16(19)18-11-17(3,20)15-5-4-8-21-15/h4-9,20H,10-11H2,1-3H3,(H,18,19). The monoisotopic (exact) mass is 303 g/mol. The Morgan fingerprint density at radius 2 is 2.10 bits per heavy atom. The lowest BCUT2D eigenvalue weighted by Gasteiger charge is -2.22. The van der Waals surface area contributed by atoms with Crippen molar-refractivity contribution in [2.24, 2.45) is 0 Å². The van der Waals surface area contributed by atoms with Crippen LogP contribution in [0.2, 0.25) is 0 Å². The number of carbonyl (C=O) groups excluding carboxylic acids is 1. The average molecular weight is 303 g/mol. The summed E-state index contributed by atoms with van der Waals surface area (Å²) in [6.45, 7) is 5.96. The van der Waals surface area contributed by atoms with Crippen molar-refractivity contribution in [2.75, 3.05) is 6.54 Å². The number of rotatable bonds is 5. The molecule has 112 valence electrons. The van der Waals surface area contributed by atoms with Crippen molar-refractivity contribution in [3.05, 3.63) is 57.3 Å². The topological polar surface area (TPSA) is 49.3 Å². The minimum atomic E-state index is -1.02. The molecule has 0 saturated carbocycles. The molecule has 0 aliphatic rings. The lowest BCUT2D eigenvalue weighted by molar-refractivity contribution is -0.121. The van der Waals surface area contributed by atoms with Crippen molar-refractivity contribution in [1.82, 2.24) is 5.32 Å². The van der Waals surface area contributed by atoms with Crippen molar-refractivity contribution in [2.45, 2.75) is 32.8 Å². The van der Waals surface area contributed by atoms with E-state index in [2.05, 4.69) is 5.32 Å². The Labute approximate surface area is 129 Å². The highest BCUT2D eigenvalue weighted by atomic mass is 32.1. The molecule has 0 saturated heterocycles. The number of hydrogen-bond acceptors (Lipinski definition) is 3. The van der Waals surface area contributed by atoms with Gasteiger partial charge in [0.1, 0.15) is 5.60 Å². The molecule has 1 aromatic heterocycles. The quantitative estimate of drug-likeness (QED) is 0.892. The molecule has 1 unspecified atom stereocenters. The molecule has 2 rings (SSSR count). The Morgan fingerprint density at radius 1 is 1.33 bits per heavy atom. The largest absolute Gasteiger partial charge is 0.383 e. The summed E-state index contributed by atoms with van der Waals surface area (Å²) in [5, 5.41) is 15.1. The summed E-state index contributed by atoms with van der Waals surface area (Å²) in [5.41, 5.74) is 2.27. The molecule has 4 heteroatoms. The third-order valence-corrected chi connectivity index (χ3v) is 4.66. The fourth-order valence-corrected chi connectivity index (χ4v) is 2.96. The first-order valence-corrected chi connectivity index (χ1v) is 7.85. The zero-order valence-corrected chi connectivity index (χ0v) is 13.5. The lowest BCUT2D eigenvalue weighted by Crippen LogP contribution is -2.38. The van der Waals surface area contributed by atoms with Gasteiger partial charge in [0, 0.05) is 4.88 Å². The lowest BCUT2D eigenvalue weighted by atomic mass is 10.0. The number of hydrogen-bond donors (Lipinski definition) is 2. The highest BCUT2D eigenvalue weighted by Gasteiger charge is 2.24. The summed E-state index contributed by atoms with van der Waals surface area (Å²) in [5.74, 6) is -0.0690. The fraction of sp³-hybridized carbons (Fsp3) is 0.353. The van der Waals surface area contributed by atoms with Crippen molar-refractivity contribution in [1.29, 1.82) is 0 Å². The molecule has 1 amide bonds. The van der Waals surface area contributed by atoms with Gasteiger partial charge in [-0.2, -0.15) is 0 Å². The maximum absolute atomic E-state index is 12.1. The Hall–Kier alpha value is -1.65. The zero-order valence-electron chi connectivity index (χ0n) is 12.6. The van der Waals surface area contributed by atoms with Crippen LogP contribution >= 0.6 is 11.3 Å². The normalized spacial score (nSPS) is 13.7. The first-order chi connectivity index (χ1) is 9.88. The summed E-state index contributed by atoms with van der Waals surface area (Å²) in [6, 6.07) is 9.87. The van der Waals surface area contributed by atoms with Crippen molar-refractivity contribution in [3.63, 3.8) is 0 Å². The van der Waals surface area contributed by atoms with Gasteiger partial charge in [-0.15, -0.1) is 11.3 Å². The second-order valence-corrected chi connectivity index (χ2v) is 6.58. The minimum absolute atomic E-state index is 0.0690. The van der Waals surface area contributed by atoms with Crippen LogP contribution in [0.1, 0.15) is 28.5 Å². The SMILES string of the molecule is Cc1ccc(C)c(CC(=O)NCC(C)(O)c2cccs2)c1. The Kier molecular flexibility index (Phi) is 4.80. The Morgan fingerprint density at radius 3 is 2.76 bits per heavy atom. The van der Waals surface area contributed by atoms with Gasteiger partial charge in [0.05, 0.1) is 13.0 Å². The molecule has 0 aliphatic carbocycles. The van der Waals surface area contributed by atoms with Gasteiger partial charge in [-0.1, -0.05) is 29.8 Å². The Balaban J connectivity index is 1.95. The Bertz CT molecular complexity index is 618. The molecule has 0 radical (unpaired) electrons. The van der Waals surface area contributed by atoms with Gasteiger partial charge in [-0.25, -0.2) is 0 Å². The van der Waals surface area contributed by atoms with Crippen LogP contribution in [0.4, 0.5) is 0 Å². The molecule has 0 aliphatic heterocycles. The fourth-order valence-electron chi connectivity index (χ4n) is 2.17. The van der Waals surface area contributed by atoms with E-state index in [0.29, 0.717) is 6.42 Å². The van der Waals surface area contributed by atoms with Crippen LogP contribution in [0.25, 0.3) is 0 Å². The molecule has 0 bridgehead atoms. The second kappa shape index (κ2) is 6.41. The van der Waals surface area contributed by atoms with E-state index in [1.165, 1.54) is 11.3 Å². The van der Waals surface area contributed by atoms with Crippen molar-refractivity contribution in [3.8, 4) is 0 Å². The molecule has 2 aromatic rings. The number of amides is 1. The van der Waals surface area contributed by atoms with Crippen LogP contribution in [0, 0.1) is 13.8 Å². The smallest absolute Gasteiger partial charge is 0.224 e. The van der Waals surface area contributed by atoms with Gasteiger partial charge in [0.15, 0.2) is 0 Å². The van der Waals surface area contributed by atoms with E-state index in [-0.39, 0.29) is 12.5 Å². The highest BCUT2D eigenvalue weighted by molar-refractivity contribution is 7.10. The molecular formula is C17H21NO2S. The van der Waals surface area contributed by atoms with Crippen LogP contribution < -0.4 is 5.32 Å². The summed E-state index contributed by atoms with van der Waals surface area (Å²) in [7, 11) is 0. The molecule has 0 spiro atoms. The van der Waals surface area contributed by atoms with E-state index < -0.39 is 5.60 Å². The number of thiophene rings is 1. The van der Waals surface area contributed by atoms with Gasteiger partial charge in [-0.05, 0) is 43.3 Å². The number of aryl methyl sites for hydroxylation is 2. The molecule has 3 nitrogen and oxygen atoms in total. The predicted molar refractivity (Wildman–Crippen MR) is 86.5 cm³/mol. The third kappa shape index (κ3) is 4.16. The molecule has 1 atom stereocenters. The van der Waals surface area contributed by atoms with Crippen LogP contribution in [-0.4, -0.2) is 17.6 Å². The zero-order chi connectivity index (χ0) is 15.5. The molecule has 1 heterocycles. The molecule has 1 aromatic carbocycles. The van der Waals surface area contributed by atoms with Crippen molar-refractivity contribution >= 4 is 17.2 Å². The molecular weight excluding hydrogens is 282 g/mol. The van der Waals surface area contributed by atoms with Crippen LogP contribution in [0.3, 0.4) is 0 Å². The van der Waals surface area contributed by atoms with E-state index in [0.717, 1.165) is 21.6 Å². The third-order valence-electron chi connectivity index (χ3n) is 3.54. The van der Waals surface area contributed by atoms with E-state index in [1.807, 2.05) is 49.6 Å². The van der Waals surface area contributed by atoms with E-state index in [9.17, 15) is 9.90 Å². The van der Waals surface area contributed by atoms with Crippen LogP contribution in [0.15, 0.2) is 35.7 Å². The summed E-state index contributed by atoms with van der Waals surface area (Å²) in [6.07, 6.45) is 0.341. The number of benzene rings is 1. The van der Waals surface area contributed by atoms with Gasteiger partial charge in [0.25, 0.3) is 0 Å². The minimum Gasteiger partial charge on any atom is -0.383 e. The van der Waals surface area contributed by atoms with Crippen LogP contribution in [0.5, 0.6) is 0 Å². The van der Waals surface area contributed by atoms with E-state index >= 15 is 0 Å². The average Bonchev–Trinajstić information content (AvgIpc) is 2.96. The van der Waals surface area contributed by atoms with Gasteiger partial charge < -0.3 is 10.4 Å². The predicted octanol–water partition coefficient (Wildman–Crippen LogP) is 2.93. The maximum Gasteiger partial charge on any atom is 0.224 e. The van der Waals surface area contributed by atoms with E-state index in [1.54, 1.807) is 6.92 Å². The first kappa shape index (κ1) is 15.7. The van der Waals surface area contributed by atoms with E-state index in [4.69, 9.17) is 0 Å². The number of carbonyl (C=O) groups is 1. The second-order valence-electron chi connectivity index (χ2n) is 5.63. The first-order valence-electron chi connectivity index (χ1n) is 6.98. The van der Waals surface area contributed by atoms with Gasteiger partial charge in [0.2, 0.25) is 5.91 Å². The molecule has 21 heavy (non-hydrogen) atoms. The molecule has 0 fully saturated rings. The number of nitrogens with one attached hydrogen (secondary N) is 1. The van der Waals surface area contributed by atoms with Gasteiger partial charge >= 0.3 is 0 Å². The summed E-state index contributed by atoms with van der Waals surface area (Å²) >= 11 is 1.49. The summed E-state index contributed by atoms with van der Waals surface area (Å²) < 4.78 is 0. The molecule has 2 N–H and O–H groups in total. The van der Waals surface area contributed by atoms with Gasteiger partial charge in [-0.3, -0.25) is 4.79 Å². The highest BCUT2D eigenvalue weighted by Crippen LogP contribution is 2.24. The van der Waals surface area contributed by atoms with Crippen molar-refractivity contribution < 1.29 is 9.90 Å². The summed E-state index contributed by atoms with van der Waals surface area (Å²) in [4.78, 5) is 12.9.